The van der Waals surface area contributed by atoms with Gasteiger partial charge in [-0.15, -0.1) is 24.0 Å². The largest absolute Gasteiger partial charge is 0.469 e. The molecule has 124 valence electrons. The van der Waals surface area contributed by atoms with E-state index in [2.05, 4.69) is 22.1 Å². The van der Waals surface area contributed by atoms with E-state index in [1.165, 1.54) is 32.8 Å². The maximum Gasteiger partial charge on any atom is 0.308 e. The number of rotatable bonds is 6. The number of nitrogens with one attached hydrogen (secondary N) is 1. The fourth-order valence-corrected chi connectivity index (χ4v) is 2.58. The van der Waals surface area contributed by atoms with E-state index in [4.69, 9.17) is 4.74 Å². The summed E-state index contributed by atoms with van der Waals surface area (Å²) in [7, 11) is 3.28. The first-order valence-corrected chi connectivity index (χ1v) is 7.76. The number of carbonyl (C=O) groups excluding carboxylic acids is 1. The molecule has 0 aromatic heterocycles. The number of methoxy groups -OCH3 is 1. The maximum absolute atomic E-state index is 11.5. The molecule has 0 atom stereocenters. The second kappa shape index (κ2) is 12.1. The van der Waals surface area contributed by atoms with Gasteiger partial charge in [0.1, 0.15) is 0 Å². The second-order valence-corrected chi connectivity index (χ2v) is 5.32. The lowest BCUT2D eigenvalue weighted by Crippen LogP contribution is -2.46. The third kappa shape index (κ3) is 7.33. The van der Waals surface area contributed by atoms with Crippen LogP contribution in [-0.4, -0.2) is 50.6 Å². The Balaban J connectivity index is 0.00000400. The number of piperidine rings is 1. The first-order chi connectivity index (χ1) is 9.72. The molecule has 1 fully saturated rings. The number of carbonyl (C=O) groups is 1. The Morgan fingerprint density at radius 3 is 2.48 bits per heavy atom. The summed E-state index contributed by atoms with van der Waals surface area (Å²) < 4.78 is 4.81. The highest BCUT2D eigenvalue weighted by atomic mass is 127. The van der Waals surface area contributed by atoms with E-state index in [9.17, 15) is 4.79 Å². The van der Waals surface area contributed by atoms with E-state index in [0.717, 1.165) is 38.4 Å². The zero-order chi connectivity index (χ0) is 14.8. The van der Waals surface area contributed by atoms with Gasteiger partial charge in [0.25, 0.3) is 0 Å². The van der Waals surface area contributed by atoms with Crippen molar-refractivity contribution in [3.05, 3.63) is 0 Å². The normalized spacial score (nSPS) is 16.3. The lowest BCUT2D eigenvalue weighted by Gasteiger charge is -2.33. The van der Waals surface area contributed by atoms with Crippen molar-refractivity contribution in [1.29, 1.82) is 0 Å². The predicted octanol–water partition coefficient (Wildman–Crippen LogP) is 2.65. The standard InChI is InChI=1S/C15H29N3O2.HI/c1-4-5-6-7-10-17-15(16-2)18-11-8-13(9-12-18)14(19)20-3;/h13H,4-12H2,1-3H3,(H,16,17);1H. The zero-order valence-electron chi connectivity index (χ0n) is 13.6. The number of hydrogen-bond donors (Lipinski definition) is 1. The number of unbranched alkanes of at least 4 members (excludes halogenated alkanes) is 3. The Hall–Kier alpha value is -0.530. The monoisotopic (exact) mass is 411 g/mol. The third-order valence-corrected chi connectivity index (χ3v) is 3.85. The lowest BCUT2D eigenvalue weighted by molar-refractivity contribution is -0.146. The molecule has 6 heteroatoms. The van der Waals surface area contributed by atoms with Crippen LogP contribution in [0.4, 0.5) is 0 Å². The molecule has 0 aromatic carbocycles. The average molecular weight is 411 g/mol. The van der Waals surface area contributed by atoms with Crippen LogP contribution in [0.2, 0.25) is 0 Å². The molecule has 1 heterocycles. The van der Waals surface area contributed by atoms with E-state index in [-0.39, 0.29) is 35.9 Å². The van der Waals surface area contributed by atoms with E-state index in [1.54, 1.807) is 0 Å². The molecule has 5 nitrogen and oxygen atoms in total. The second-order valence-electron chi connectivity index (χ2n) is 5.32. The topological polar surface area (TPSA) is 53.9 Å². The number of nitrogens with zero attached hydrogens (tertiary/aromatic N) is 2. The molecule has 1 aliphatic heterocycles. The van der Waals surface area contributed by atoms with Crippen LogP contribution in [0.3, 0.4) is 0 Å². The predicted molar refractivity (Wildman–Crippen MR) is 97.2 cm³/mol. The maximum atomic E-state index is 11.5. The molecular formula is C15H30IN3O2. The molecular weight excluding hydrogens is 381 g/mol. The van der Waals surface area contributed by atoms with Crippen molar-refractivity contribution in [2.75, 3.05) is 33.8 Å². The highest BCUT2D eigenvalue weighted by Gasteiger charge is 2.26. The summed E-state index contributed by atoms with van der Waals surface area (Å²) in [5, 5.41) is 3.42. The number of guanidine groups is 1. The number of ether oxygens (including phenoxy) is 1. The van der Waals surface area contributed by atoms with Gasteiger partial charge < -0.3 is 15.0 Å². The van der Waals surface area contributed by atoms with Gasteiger partial charge in [-0.25, -0.2) is 0 Å². The minimum atomic E-state index is -0.0767. The zero-order valence-corrected chi connectivity index (χ0v) is 15.9. The van der Waals surface area contributed by atoms with Crippen molar-refractivity contribution in [2.24, 2.45) is 10.9 Å². The number of hydrogen-bond acceptors (Lipinski definition) is 3. The Bertz CT molecular complexity index is 316. The molecule has 0 amide bonds. The minimum Gasteiger partial charge on any atom is -0.469 e. The molecule has 21 heavy (non-hydrogen) atoms. The van der Waals surface area contributed by atoms with E-state index >= 15 is 0 Å². The molecule has 0 saturated carbocycles. The molecule has 1 N–H and O–H groups in total. The van der Waals surface area contributed by atoms with Crippen LogP contribution >= 0.6 is 24.0 Å². The van der Waals surface area contributed by atoms with E-state index in [0.29, 0.717) is 0 Å². The quantitative estimate of drug-likeness (QED) is 0.240. The highest BCUT2D eigenvalue weighted by molar-refractivity contribution is 14.0. The van der Waals surface area contributed by atoms with Crippen molar-refractivity contribution < 1.29 is 9.53 Å². The first kappa shape index (κ1) is 20.5. The van der Waals surface area contributed by atoms with Crippen LogP contribution in [0.25, 0.3) is 0 Å². The van der Waals surface area contributed by atoms with Crippen molar-refractivity contribution in [3.63, 3.8) is 0 Å². The van der Waals surface area contributed by atoms with Gasteiger partial charge in [-0.3, -0.25) is 9.79 Å². The molecule has 0 aliphatic carbocycles. The lowest BCUT2D eigenvalue weighted by atomic mass is 9.97. The van der Waals surface area contributed by atoms with Crippen molar-refractivity contribution in [2.45, 2.75) is 45.4 Å². The smallest absolute Gasteiger partial charge is 0.308 e. The molecule has 0 radical (unpaired) electrons. The summed E-state index contributed by atoms with van der Waals surface area (Å²) in [6, 6.07) is 0. The first-order valence-electron chi connectivity index (χ1n) is 7.76. The van der Waals surface area contributed by atoms with Gasteiger partial charge in [0, 0.05) is 26.7 Å². The van der Waals surface area contributed by atoms with Crippen LogP contribution in [0, 0.1) is 5.92 Å². The summed E-state index contributed by atoms with van der Waals surface area (Å²) in [6.45, 7) is 4.93. The van der Waals surface area contributed by atoms with E-state index < -0.39 is 0 Å². The number of likely N-dealkylation sites (tertiary alicyclic amines) is 1. The molecule has 0 spiro atoms. The number of aliphatic imine (C=N–C) groups is 1. The molecule has 0 bridgehead atoms. The van der Waals surface area contributed by atoms with Crippen LogP contribution in [0.1, 0.15) is 45.4 Å². The molecule has 1 saturated heterocycles. The Morgan fingerprint density at radius 2 is 1.95 bits per heavy atom. The average Bonchev–Trinajstić information content (AvgIpc) is 2.50. The van der Waals surface area contributed by atoms with E-state index in [1.807, 2.05) is 7.05 Å². The number of halogens is 1. The molecule has 1 aliphatic rings. The van der Waals surface area contributed by atoms with Gasteiger partial charge in [-0.2, -0.15) is 0 Å². The highest BCUT2D eigenvalue weighted by Crippen LogP contribution is 2.18. The fourth-order valence-electron chi connectivity index (χ4n) is 2.58. The number of esters is 1. The third-order valence-electron chi connectivity index (χ3n) is 3.85. The van der Waals surface area contributed by atoms with Gasteiger partial charge in [0.15, 0.2) is 5.96 Å². The van der Waals surface area contributed by atoms with Crippen LogP contribution in [0.5, 0.6) is 0 Å². The fraction of sp³-hybridized carbons (Fsp3) is 0.867. The van der Waals surface area contributed by atoms with Crippen LogP contribution < -0.4 is 5.32 Å². The minimum absolute atomic E-state index is 0. The van der Waals surface area contributed by atoms with Gasteiger partial charge in [0.2, 0.25) is 0 Å². The summed E-state index contributed by atoms with van der Waals surface area (Å²) in [5.41, 5.74) is 0. The van der Waals surface area contributed by atoms with Crippen molar-refractivity contribution in [1.82, 2.24) is 10.2 Å². The van der Waals surface area contributed by atoms with Crippen molar-refractivity contribution >= 4 is 35.9 Å². The SMILES string of the molecule is CCCCCCNC(=NC)N1CCC(C(=O)OC)CC1.I. The Kier molecular flexibility index (Phi) is 11.8. The summed E-state index contributed by atoms with van der Waals surface area (Å²) in [6.07, 6.45) is 6.71. The Labute approximate surface area is 145 Å². The summed E-state index contributed by atoms with van der Waals surface area (Å²) in [5.74, 6) is 0.941. The summed E-state index contributed by atoms with van der Waals surface area (Å²) in [4.78, 5) is 18.1. The Morgan fingerprint density at radius 1 is 1.29 bits per heavy atom. The molecule has 0 unspecified atom stereocenters. The van der Waals surface area contributed by atoms with Gasteiger partial charge in [-0.1, -0.05) is 26.2 Å². The van der Waals surface area contributed by atoms with Gasteiger partial charge in [0.05, 0.1) is 13.0 Å². The molecule has 1 rings (SSSR count). The molecule has 0 aromatic rings. The van der Waals surface area contributed by atoms with Gasteiger partial charge in [-0.05, 0) is 19.3 Å². The van der Waals surface area contributed by atoms with Crippen LogP contribution in [0.15, 0.2) is 4.99 Å². The van der Waals surface area contributed by atoms with Crippen molar-refractivity contribution in [3.8, 4) is 0 Å². The van der Waals surface area contributed by atoms with Gasteiger partial charge >= 0.3 is 5.97 Å². The van der Waals surface area contributed by atoms with Crippen LogP contribution in [-0.2, 0) is 9.53 Å². The summed E-state index contributed by atoms with van der Waals surface area (Å²) >= 11 is 0.